The molecular formula is C23H29N5O3. The van der Waals surface area contributed by atoms with Crippen molar-refractivity contribution in [2.24, 2.45) is 5.92 Å². The van der Waals surface area contributed by atoms with Crippen LogP contribution in [0.25, 0.3) is 0 Å². The Morgan fingerprint density at radius 2 is 1.90 bits per heavy atom. The molecule has 3 fully saturated rings. The highest BCUT2D eigenvalue weighted by Gasteiger charge is 2.47. The SMILES string of the molecule is O=C1OC2(CCC(CNc3ccc(N4CCOCC4)nc3)CC2)CN1c1ccccn1. The first-order valence-corrected chi connectivity index (χ1v) is 11.1. The first-order valence-electron chi connectivity index (χ1n) is 11.1. The molecule has 8 nitrogen and oxygen atoms in total. The number of hydrogen-bond donors (Lipinski definition) is 1. The Bertz CT molecular complexity index is 878. The van der Waals surface area contributed by atoms with Crippen LogP contribution >= 0.6 is 0 Å². The number of nitrogens with one attached hydrogen (secondary N) is 1. The van der Waals surface area contributed by atoms with E-state index in [4.69, 9.17) is 9.47 Å². The number of nitrogens with zero attached hydrogens (tertiary/aromatic N) is 4. The van der Waals surface area contributed by atoms with Crippen molar-refractivity contribution in [1.82, 2.24) is 9.97 Å². The van der Waals surface area contributed by atoms with Crippen LogP contribution in [0, 0.1) is 5.92 Å². The van der Waals surface area contributed by atoms with Crippen molar-refractivity contribution < 1.29 is 14.3 Å². The highest BCUT2D eigenvalue weighted by Crippen LogP contribution is 2.40. The summed E-state index contributed by atoms with van der Waals surface area (Å²) in [6.45, 7) is 4.82. The topological polar surface area (TPSA) is 79.8 Å². The normalized spacial score (nSPS) is 26.2. The van der Waals surface area contributed by atoms with Gasteiger partial charge in [0, 0.05) is 25.8 Å². The molecular weight excluding hydrogens is 394 g/mol. The Kier molecular flexibility index (Phi) is 5.63. The number of morpholine rings is 1. The van der Waals surface area contributed by atoms with Crippen molar-refractivity contribution in [2.45, 2.75) is 31.3 Å². The Hall–Kier alpha value is -2.87. The van der Waals surface area contributed by atoms with Crippen LogP contribution < -0.4 is 15.1 Å². The zero-order valence-corrected chi connectivity index (χ0v) is 17.7. The lowest BCUT2D eigenvalue weighted by Crippen LogP contribution is -2.39. The highest BCUT2D eigenvalue weighted by molar-refractivity contribution is 5.89. The maximum Gasteiger partial charge on any atom is 0.416 e. The van der Waals surface area contributed by atoms with Gasteiger partial charge in [-0.05, 0) is 55.9 Å². The first-order chi connectivity index (χ1) is 15.2. The predicted octanol–water partition coefficient (Wildman–Crippen LogP) is 3.31. The van der Waals surface area contributed by atoms with E-state index in [2.05, 4.69) is 32.3 Å². The summed E-state index contributed by atoms with van der Waals surface area (Å²) < 4.78 is 11.2. The van der Waals surface area contributed by atoms with Gasteiger partial charge in [-0.15, -0.1) is 0 Å². The van der Waals surface area contributed by atoms with Crippen molar-refractivity contribution in [2.75, 3.05) is 54.5 Å². The van der Waals surface area contributed by atoms with Gasteiger partial charge in [-0.2, -0.15) is 0 Å². The molecule has 2 saturated heterocycles. The molecule has 5 rings (SSSR count). The van der Waals surface area contributed by atoms with Gasteiger partial charge in [-0.3, -0.25) is 4.90 Å². The Morgan fingerprint density at radius 1 is 1.06 bits per heavy atom. The molecule has 0 aromatic carbocycles. The molecule has 0 atom stereocenters. The molecule has 1 aliphatic carbocycles. The van der Waals surface area contributed by atoms with Crippen LogP contribution in [0.5, 0.6) is 0 Å². The number of carbonyl (C=O) groups excluding carboxylic acids is 1. The van der Waals surface area contributed by atoms with E-state index in [9.17, 15) is 4.79 Å². The lowest BCUT2D eigenvalue weighted by molar-refractivity contribution is 0.0148. The summed E-state index contributed by atoms with van der Waals surface area (Å²) in [6.07, 6.45) is 7.20. The van der Waals surface area contributed by atoms with Crippen LogP contribution in [0.4, 0.5) is 22.1 Å². The van der Waals surface area contributed by atoms with Crippen molar-refractivity contribution in [3.63, 3.8) is 0 Å². The zero-order chi connectivity index (χ0) is 21.1. The minimum absolute atomic E-state index is 0.276. The smallest absolute Gasteiger partial charge is 0.416 e. The summed E-state index contributed by atoms with van der Waals surface area (Å²) >= 11 is 0. The van der Waals surface area contributed by atoms with E-state index in [1.165, 1.54) is 0 Å². The van der Waals surface area contributed by atoms with E-state index in [-0.39, 0.29) is 11.7 Å². The Morgan fingerprint density at radius 3 is 2.61 bits per heavy atom. The van der Waals surface area contributed by atoms with Crippen molar-refractivity contribution in [3.8, 4) is 0 Å². The minimum atomic E-state index is -0.369. The van der Waals surface area contributed by atoms with E-state index >= 15 is 0 Å². The third-order valence-corrected chi connectivity index (χ3v) is 6.59. The second kappa shape index (κ2) is 8.70. The second-order valence-electron chi connectivity index (χ2n) is 8.65. The number of amides is 1. The summed E-state index contributed by atoms with van der Waals surface area (Å²) in [5, 5.41) is 3.53. The maximum absolute atomic E-state index is 12.4. The molecule has 1 amide bonds. The summed E-state index contributed by atoms with van der Waals surface area (Å²) in [4.78, 5) is 25.2. The predicted molar refractivity (Wildman–Crippen MR) is 119 cm³/mol. The third-order valence-electron chi connectivity index (χ3n) is 6.59. The number of hydrogen-bond acceptors (Lipinski definition) is 7. The summed E-state index contributed by atoms with van der Waals surface area (Å²) in [6, 6.07) is 9.78. The quantitative estimate of drug-likeness (QED) is 0.790. The number of aromatic nitrogens is 2. The fourth-order valence-electron chi connectivity index (χ4n) is 4.71. The Balaban J connectivity index is 1.11. The summed E-state index contributed by atoms with van der Waals surface area (Å²) in [5.41, 5.74) is 0.679. The molecule has 2 aliphatic heterocycles. The molecule has 1 saturated carbocycles. The van der Waals surface area contributed by atoms with Crippen LogP contribution in [0.15, 0.2) is 42.7 Å². The molecule has 0 unspecified atom stereocenters. The number of ether oxygens (including phenoxy) is 2. The summed E-state index contributed by atoms with van der Waals surface area (Å²) in [5.74, 6) is 2.24. The van der Waals surface area contributed by atoms with Crippen LogP contribution in [-0.2, 0) is 9.47 Å². The van der Waals surface area contributed by atoms with Gasteiger partial charge in [-0.1, -0.05) is 6.07 Å². The average Bonchev–Trinajstić information content (AvgIpc) is 3.16. The number of carbonyl (C=O) groups is 1. The van der Waals surface area contributed by atoms with E-state index in [0.29, 0.717) is 18.3 Å². The number of rotatable bonds is 5. The van der Waals surface area contributed by atoms with Gasteiger partial charge in [0.05, 0.1) is 31.6 Å². The minimum Gasteiger partial charge on any atom is -0.441 e. The molecule has 8 heteroatoms. The average molecular weight is 424 g/mol. The van der Waals surface area contributed by atoms with Gasteiger partial charge in [0.1, 0.15) is 17.2 Å². The highest BCUT2D eigenvalue weighted by atomic mass is 16.6. The van der Waals surface area contributed by atoms with E-state index < -0.39 is 0 Å². The van der Waals surface area contributed by atoms with Gasteiger partial charge in [-0.25, -0.2) is 14.8 Å². The van der Waals surface area contributed by atoms with Crippen LogP contribution in [0.2, 0.25) is 0 Å². The maximum atomic E-state index is 12.4. The van der Waals surface area contributed by atoms with E-state index in [1.54, 1.807) is 11.1 Å². The number of pyridine rings is 2. The largest absolute Gasteiger partial charge is 0.441 e. The molecule has 3 aliphatic rings. The fourth-order valence-corrected chi connectivity index (χ4v) is 4.71. The van der Waals surface area contributed by atoms with Crippen LogP contribution in [-0.4, -0.2) is 61.1 Å². The Labute approximate surface area is 182 Å². The standard InChI is InChI=1S/C23H29N5O3/c29-22-28(21-3-1-2-10-24-21)17-23(31-22)8-6-18(7-9-23)15-25-19-4-5-20(26-16-19)27-11-13-30-14-12-27/h1-5,10,16,18,25H,6-9,11-15,17H2. The molecule has 2 aromatic heterocycles. The van der Waals surface area contributed by atoms with Crippen molar-refractivity contribution in [1.29, 1.82) is 0 Å². The molecule has 1 N–H and O–H groups in total. The lowest BCUT2D eigenvalue weighted by Gasteiger charge is -2.35. The second-order valence-corrected chi connectivity index (χ2v) is 8.65. The van der Waals surface area contributed by atoms with E-state index in [1.807, 2.05) is 24.4 Å². The van der Waals surface area contributed by atoms with Gasteiger partial charge in [0.15, 0.2) is 0 Å². The van der Waals surface area contributed by atoms with Gasteiger partial charge in [0.2, 0.25) is 0 Å². The molecule has 164 valence electrons. The molecule has 4 heterocycles. The molecule has 0 bridgehead atoms. The monoisotopic (exact) mass is 423 g/mol. The molecule has 31 heavy (non-hydrogen) atoms. The van der Waals surface area contributed by atoms with Crippen LogP contribution in [0.1, 0.15) is 25.7 Å². The van der Waals surface area contributed by atoms with Crippen molar-refractivity contribution >= 4 is 23.4 Å². The molecule has 1 spiro atoms. The van der Waals surface area contributed by atoms with Crippen molar-refractivity contribution in [3.05, 3.63) is 42.7 Å². The van der Waals surface area contributed by atoms with Gasteiger partial charge >= 0.3 is 6.09 Å². The number of anilines is 3. The fraction of sp³-hybridized carbons (Fsp3) is 0.522. The molecule has 0 radical (unpaired) electrons. The summed E-state index contributed by atoms with van der Waals surface area (Å²) in [7, 11) is 0. The van der Waals surface area contributed by atoms with Crippen LogP contribution in [0.3, 0.4) is 0 Å². The van der Waals surface area contributed by atoms with Gasteiger partial charge < -0.3 is 19.7 Å². The lowest BCUT2D eigenvalue weighted by atomic mass is 9.78. The first kappa shape index (κ1) is 20.1. The van der Waals surface area contributed by atoms with E-state index in [0.717, 1.165) is 70.0 Å². The zero-order valence-electron chi connectivity index (χ0n) is 17.7. The van der Waals surface area contributed by atoms with Gasteiger partial charge in [0.25, 0.3) is 0 Å². The third kappa shape index (κ3) is 4.44. The molecule has 2 aromatic rings.